The van der Waals surface area contributed by atoms with E-state index in [4.69, 9.17) is 0 Å². The van der Waals surface area contributed by atoms with Crippen molar-refractivity contribution in [2.75, 3.05) is 7.11 Å². The molecule has 1 aromatic carbocycles. The highest BCUT2D eigenvalue weighted by atomic mass is 127. The van der Waals surface area contributed by atoms with Crippen LogP contribution in [0, 0.1) is 11.2 Å². The maximum atomic E-state index is 11.4. The average molecular weight is 397 g/mol. The van der Waals surface area contributed by atoms with Crippen molar-refractivity contribution >= 4 is 52.0 Å². The largest absolute Gasteiger partial charge is 0.465 e. The molecule has 0 saturated carbocycles. The van der Waals surface area contributed by atoms with Gasteiger partial charge < -0.3 is 4.74 Å². The lowest BCUT2D eigenvalue weighted by Gasteiger charge is -2.02. The van der Waals surface area contributed by atoms with Crippen LogP contribution in [0.3, 0.4) is 0 Å². The van der Waals surface area contributed by atoms with E-state index < -0.39 is 0 Å². The van der Waals surface area contributed by atoms with Gasteiger partial charge in [0, 0.05) is 31.2 Å². The second kappa shape index (κ2) is 6.40. The van der Waals surface area contributed by atoms with Crippen molar-refractivity contribution in [3.63, 3.8) is 0 Å². The van der Waals surface area contributed by atoms with E-state index in [2.05, 4.69) is 53.0 Å². The van der Waals surface area contributed by atoms with Gasteiger partial charge in [0.2, 0.25) is 0 Å². The molecule has 0 aromatic heterocycles. The van der Waals surface area contributed by atoms with Gasteiger partial charge in [-0.15, -0.1) is 0 Å². The molecule has 5 heteroatoms. The van der Waals surface area contributed by atoms with Crippen LogP contribution in [0.5, 0.6) is 0 Å². The normalized spacial score (nSPS) is 9.00. The molecular weight excluding hydrogens is 391 g/mol. The molecule has 0 bridgehead atoms. The molecule has 0 fully saturated rings. The summed E-state index contributed by atoms with van der Waals surface area (Å²) >= 11 is 5.38. The Morgan fingerprint density at radius 1 is 1.60 bits per heavy atom. The van der Waals surface area contributed by atoms with Crippen LogP contribution in [0.4, 0.5) is 0 Å². The van der Waals surface area contributed by atoms with Crippen LogP contribution in [0.2, 0.25) is 0 Å². The van der Waals surface area contributed by atoms with Gasteiger partial charge in [-0.05, 0) is 32.4 Å². The summed E-state index contributed by atoms with van der Waals surface area (Å²) < 4.78 is 5.50. The third kappa shape index (κ3) is 3.70. The zero-order chi connectivity index (χ0) is 11.3. The number of ether oxygens (including phenoxy) is 1. The molecule has 0 heterocycles. The van der Waals surface area contributed by atoms with Crippen molar-refractivity contribution in [3.05, 3.63) is 33.8 Å². The number of hydrogen-bond acceptors (Lipinski definition) is 3. The second-order valence-electron chi connectivity index (χ2n) is 2.49. The smallest absolute Gasteiger partial charge is 0.339 e. The summed E-state index contributed by atoms with van der Waals surface area (Å²) in [4.78, 5) is 11.4. The zero-order valence-corrected chi connectivity index (χ0v) is 12.3. The summed E-state index contributed by atoms with van der Waals surface area (Å²) in [6.07, 6.45) is 0. The number of hydrogen-bond donors (Lipinski definition) is 0. The van der Waals surface area contributed by atoms with E-state index in [9.17, 15) is 4.79 Å². The van der Waals surface area contributed by atoms with E-state index in [-0.39, 0.29) is 5.97 Å². The summed E-state index contributed by atoms with van der Waals surface area (Å²) in [6, 6.07) is 5.33. The highest BCUT2D eigenvalue weighted by Gasteiger charge is 2.10. The van der Waals surface area contributed by atoms with Crippen LogP contribution in [0.25, 0.3) is 0 Å². The summed E-state index contributed by atoms with van der Waals surface area (Å²) in [5.41, 5.74) is 1.15. The van der Waals surface area contributed by atoms with Crippen molar-refractivity contribution < 1.29 is 9.53 Å². The van der Waals surface area contributed by atoms with Crippen LogP contribution in [0.1, 0.15) is 15.9 Å². The molecule has 0 aliphatic carbocycles. The Bertz CT molecular complexity index is 437. The minimum Gasteiger partial charge on any atom is -0.465 e. The lowest BCUT2D eigenvalue weighted by molar-refractivity contribution is 0.0600. The topological polar surface area (TPSA) is 26.3 Å². The minimum absolute atomic E-state index is 0.376. The first-order valence-corrected chi connectivity index (χ1v) is 8.00. The third-order valence-electron chi connectivity index (χ3n) is 1.61. The van der Waals surface area contributed by atoms with Crippen LogP contribution in [-0.2, 0) is 4.74 Å². The van der Waals surface area contributed by atoms with Crippen LogP contribution in [0.15, 0.2) is 22.7 Å². The van der Waals surface area contributed by atoms with Gasteiger partial charge in [0.1, 0.15) is 0 Å². The van der Waals surface area contributed by atoms with E-state index in [1.165, 1.54) is 16.0 Å². The molecule has 2 nitrogen and oxygen atoms in total. The molecule has 1 rings (SSSR count). The van der Waals surface area contributed by atoms with Crippen molar-refractivity contribution in [1.82, 2.24) is 0 Å². The fourth-order valence-corrected chi connectivity index (χ4v) is 1.82. The van der Waals surface area contributed by atoms with Crippen LogP contribution in [-0.4, -0.2) is 13.1 Å². The molecule has 78 valence electrons. The molecule has 0 radical (unpaired) electrons. The molecule has 0 N–H and O–H groups in total. The van der Waals surface area contributed by atoms with Gasteiger partial charge in [0.25, 0.3) is 0 Å². The highest BCUT2D eigenvalue weighted by molar-refractivity contribution is 14.2. The number of esters is 1. The van der Waals surface area contributed by atoms with Gasteiger partial charge in [0.05, 0.1) is 12.7 Å². The molecule has 0 amide bonds. The standard InChI is InChI=1S/C10H6BrIO2S/c1-14-10(13)9-6-8(11)3-2-7(9)4-5-15-12/h2-3,6H,1H3. The van der Waals surface area contributed by atoms with Gasteiger partial charge in [-0.25, -0.2) is 4.79 Å². The Morgan fingerprint density at radius 2 is 2.33 bits per heavy atom. The Kier molecular flexibility index (Phi) is 5.50. The number of halogens is 2. The quantitative estimate of drug-likeness (QED) is 0.412. The van der Waals surface area contributed by atoms with Crippen LogP contribution >= 0.6 is 46.1 Å². The first-order valence-electron chi connectivity index (χ1n) is 3.85. The average Bonchev–Trinajstić information content (AvgIpc) is 2.26. The highest BCUT2D eigenvalue weighted by Crippen LogP contribution is 2.17. The van der Waals surface area contributed by atoms with E-state index in [1.54, 1.807) is 12.1 Å². The number of rotatable bonds is 1. The zero-order valence-electron chi connectivity index (χ0n) is 7.71. The second-order valence-corrected chi connectivity index (χ2v) is 5.08. The van der Waals surface area contributed by atoms with Crippen LogP contribution < -0.4 is 0 Å². The SMILES string of the molecule is COC(=O)c1cc(Br)ccc1C#CSI. The van der Waals surface area contributed by atoms with Gasteiger partial charge in [-0.2, -0.15) is 0 Å². The first kappa shape index (κ1) is 12.9. The van der Waals surface area contributed by atoms with Gasteiger partial charge in [0.15, 0.2) is 0 Å². The third-order valence-corrected chi connectivity index (χ3v) is 2.94. The molecule has 0 unspecified atom stereocenters. The van der Waals surface area contributed by atoms with Gasteiger partial charge in [-0.1, -0.05) is 21.9 Å². The number of carbonyl (C=O) groups is 1. The van der Waals surface area contributed by atoms with Crippen molar-refractivity contribution in [3.8, 4) is 11.2 Å². The summed E-state index contributed by atoms with van der Waals surface area (Å²) in [5.74, 6) is 2.51. The maximum absolute atomic E-state index is 11.4. The molecule has 0 atom stereocenters. The van der Waals surface area contributed by atoms with E-state index >= 15 is 0 Å². The van der Waals surface area contributed by atoms with Gasteiger partial charge in [-0.3, -0.25) is 0 Å². The van der Waals surface area contributed by atoms with Gasteiger partial charge >= 0.3 is 5.97 Å². The lowest BCUT2D eigenvalue weighted by atomic mass is 10.1. The predicted octanol–water partition coefficient (Wildman–Crippen LogP) is 3.63. The van der Waals surface area contributed by atoms with Crippen molar-refractivity contribution in [2.24, 2.45) is 0 Å². The Hall–Kier alpha value is -0.190. The molecule has 0 saturated heterocycles. The fourth-order valence-electron chi connectivity index (χ4n) is 0.979. The summed E-state index contributed by atoms with van der Waals surface area (Å²) in [7, 11) is 2.73. The number of benzene rings is 1. The maximum Gasteiger partial charge on any atom is 0.339 e. The Labute approximate surface area is 113 Å². The number of methoxy groups -OCH3 is 1. The molecule has 0 spiro atoms. The first-order chi connectivity index (χ1) is 7.19. The number of carbonyl (C=O) groups excluding carboxylic acids is 1. The van der Waals surface area contributed by atoms with Crippen molar-refractivity contribution in [2.45, 2.75) is 0 Å². The van der Waals surface area contributed by atoms with E-state index in [1.807, 2.05) is 6.07 Å². The monoisotopic (exact) mass is 396 g/mol. The Balaban J connectivity index is 3.20. The van der Waals surface area contributed by atoms with Crippen molar-refractivity contribution in [1.29, 1.82) is 0 Å². The molecule has 0 aliphatic heterocycles. The lowest BCUT2D eigenvalue weighted by Crippen LogP contribution is -2.03. The van der Waals surface area contributed by atoms with E-state index in [0.29, 0.717) is 11.1 Å². The predicted molar refractivity (Wildman–Crippen MR) is 74.0 cm³/mol. The van der Waals surface area contributed by atoms with E-state index in [0.717, 1.165) is 4.47 Å². The summed E-state index contributed by atoms with van der Waals surface area (Å²) in [5, 5.41) is 2.83. The Morgan fingerprint density at radius 3 is 2.93 bits per heavy atom. The fraction of sp³-hybridized carbons (Fsp3) is 0.100. The molecule has 1 aromatic rings. The summed E-state index contributed by atoms with van der Waals surface area (Å²) in [6.45, 7) is 0. The molecule has 0 aliphatic rings. The molecular formula is C10H6BrIO2S. The molecule has 15 heavy (non-hydrogen) atoms. The minimum atomic E-state index is -0.376.